The largest absolute Gasteiger partial charge is 0.355 e. The van der Waals surface area contributed by atoms with E-state index in [4.69, 9.17) is 0 Å². The smallest absolute Gasteiger partial charge is 0.226 e. The lowest BCUT2D eigenvalue weighted by Crippen LogP contribution is -2.54. The van der Waals surface area contributed by atoms with Gasteiger partial charge in [0.15, 0.2) is 5.65 Å². The van der Waals surface area contributed by atoms with Crippen LogP contribution in [-0.2, 0) is 9.59 Å². The fourth-order valence-corrected chi connectivity index (χ4v) is 7.57. The van der Waals surface area contributed by atoms with Gasteiger partial charge in [0.1, 0.15) is 5.82 Å². The minimum Gasteiger partial charge on any atom is -0.355 e. The zero-order valence-corrected chi connectivity index (χ0v) is 18.7. The van der Waals surface area contributed by atoms with Crippen molar-refractivity contribution in [3.8, 4) is 0 Å². The lowest BCUT2D eigenvalue weighted by Gasteiger charge is -2.55. The molecule has 4 saturated carbocycles. The van der Waals surface area contributed by atoms with Gasteiger partial charge in [-0.1, -0.05) is 6.07 Å². The number of rotatable bonds is 5. The zero-order valence-electron chi connectivity index (χ0n) is 18.7. The van der Waals surface area contributed by atoms with E-state index in [9.17, 15) is 9.59 Å². The van der Waals surface area contributed by atoms with Crippen LogP contribution in [0, 0.1) is 23.2 Å². The van der Waals surface area contributed by atoms with Gasteiger partial charge in [-0.3, -0.25) is 14.0 Å². The number of nitrogens with zero attached hydrogens (tertiary/aromatic N) is 4. The minimum absolute atomic E-state index is 0.134. The summed E-state index contributed by atoms with van der Waals surface area (Å²) in [5.74, 6) is 3.76. The Balaban J connectivity index is 1.04. The number of likely N-dealkylation sites (tertiary alicyclic amines) is 1. The average molecular weight is 436 g/mol. The SMILES string of the molecule is O=C(CCNC(=O)C12CC3CC(CC(C3)C1)C2)N1CCCC(c2nnc3ccccn23)C1. The number of pyridine rings is 1. The van der Waals surface area contributed by atoms with Crippen LogP contribution in [0.2, 0.25) is 0 Å². The third-order valence-corrected chi connectivity index (χ3v) is 8.62. The van der Waals surface area contributed by atoms with E-state index in [1.807, 2.05) is 33.7 Å². The van der Waals surface area contributed by atoms with Crippen molar-refractivity contribution in [1.82, 2.24) is 24.8 Å². The standard InChI is InChI=1S/C25H33N5O2/c31-22(6-7-26-24(32)25-13-17-10-18(14-25)12-19(11-17)15-25)29-8-3-4-20(16-29)23-28-27-21-5-1-2-9-30(21)23/h1-2,5,9,17-20H,3-4,6-8,10-16H2,(H,26,32). The van der Waals surface area contributed by atoms with Gasteiger partial charge in [-0.15, -0.1) is 10.2 Å². The lowest BCUT2D eigenvalue weighted by molar-refractivity contribution is -0.146. The molecule has 32 heavy (non-hydrogen) atoms. The van der Waals surface area contributed by atoms with E-state index >= 15 is 0 Å². The first-order valence-electron chi connectivity index (χ1n) is 12.5. The van der Waals surface area contributed by atoms with Crippen molar-refractivity contribution in [3.05, 3.63) is 30.2 Å². The second-order valence-electron chi connectivity index (χ2n) is 10.9. The summed E-state index contributed by atoms with van der Waals surface area (Å²) in [5, 5.41) is 11.8. The van der Waals surface area contributed by atoms with Gasteiger partial charge < -0.3 is 10.2 Å². The number of carbonyl (C=O) groups excluding carboxylic acids is 2. The average Bonchev–Trinajstić information content (AvgIpc) is 3.22. The molecule has 4 aliphatic carbocycles. The van der Waals surface area contributed by atoms with E-state index < -0.39 is 0 Å². The Labute approximate surface area is 189 Å². The highest BCUT2D eigenvalue weighted by Crippen LogP contribution is 2.60. The number of fused-ring (bicyclic) bond motifs is 1. The first-order valence-corrected chi connectivity index (χ1v) is 12.5. The van der Waals surface area contributed by atoms with Gasteiger partial charge in [-0.2, -0.15) is 0 Å². The number of piperidine rings is 1. The Bertz CT molecular complexity index is 995. The van der Waals surface area contributed by atoms with Gasteiger partial charge in [-0.25, -0.2) is 0 Å². The van der Waals surface area contributed by atoms with Crippen molar-refractivity contribution in [3.63, 3.8) is 0 Å². The second kappa shape index (κ2) is 7.85. The quantitative estimate of drug-likeness (QED) is 0.782. The molecule has 5 fully saturated rings. The summed E-state index contributed by atoms with van der Waals surface area (Å²) in [6, 6.07) is 5.90. The van der Waals surface area contributed by atoms with Gasteiger partial charge in [0, 0.05) is 43.6 Å². The fourth-order valence-electron chi connectivity index (χ4n) is 7.57. The Morgan fingerprint density at radius 1 is 1.06 bits per heavy atom. The molecule has 1 atom stereocenters. The number of hydrogen-bond donors (Lipinski definition) is 1. The Morgan fingerprint density at radius 3 is 2.56 bits per heavy atom. The fraction of sp³-hybridized carbons (Fsp3) is 0.680. The van der Waals surface area contributed by atoms with Crippen LogP contribution in [0.1, 0.15) is 69.5 Å². The van der Waals surface area contributed by atoms with E-state index in [-0.39, 0.29) is 23.1 Å². The van der Waals surface area contributed by atoms with Gasteiger partial charge in [0.2, 0.25) is 11.8 Å². The number of carbonyl (C=O) groups is 2. The molecular formula is C25H33N5O2. The molecule has 0 spiro atoms. The van der Waals surface area contributed by atoms with Crippen molar-refractivity contribution in [2.24, 2.45) is 23.2 Å². The molecule has 2 aromatic rings. The summed E-state index contributed by atoms with van der Waals surface area (Å²) < 4.78 is 2.03. The van der Waals surface area contributed by atoms with Crippen LogP contribution in [0.3, 0.4) is 0 Å². The van der Waals surface area contributed by atoms with Gasteiger partial charge in [0.25, 0.3) is 0 Å². The topological polar surface area (TPSA) is 79.6 Å². The Morgan fingerprint density at radius 2 is 1.81 bits per heavy atom. The highest BCUT2D eigenvalue weighted by molar-refractivity contribution is 5.84. The van der Waals surface area contributed by atoms with Crippen LogP contribution in [0.15, 0.2) is 24.4 Å². The lowest BCUT2D eigenvalue weighted by atomic mass is 9.49. The van der Waals surface area contributed by atoms with Crippen molar-refractivity contribution >= 4 is 17.5 Å². The van der Waals surface area contributed by atoms with E-state index in [0.29, 0.717) is 19.5 Å². The monoisotopic (exact) mass is 435 g/mol. The highest BCUT2D eigenvalue weighted by atomic mass is 16.2. The summed E-state index contributed by atoms with van der Waals surface area (Å²) in [5.41, 5.74) is 0.710. The molecule has 2 aromatic heterocycles. The molecule has 5 aliphatic rings. The Hall–Kier alpha value is -2.44. The number of nitrogens with one attached hydrogen (secondary N) is 1. The molecule has 1 saturated heterocycles. The predicted octanol–water partition coefficient (Wildman–Crippen LogP) is 3.16. The summed E-state index contributed by atoms with van der Waals surface area (Å²) in [6.07, 6.45) is 11.6. The zero-order chi connectivity index (χ0) is 21.7. The maximum absolute atomic E-state index is 13.1. The summed E-state index contributed by atoms with van der Waals surface area (Å²) in [6.45, 7) is 1.92. The molecule has 7 rings (SSSR count). The normalized spacial score (nSPS) is 33.6. The molecule has 7 heteroatoms. The van der Waals surface area contributed by atoms with Crippen molar-refractivity contribution in [2.75, 3.05) is 19.6 Å². The van der Waals surface area contributed by atoms with Crippen molar-refractivity contribution in [1.29, 1.82) is 0 Å². The highest BCUT2D eigenvalue weighted by Gasteiger charge is 2.54. The third kappa shape index (κ3) is 3.50. The van der Waals surface area contributed by atoms with Crippen LogP contribution in [0.4, 0.5) is 0 Å². The first-order chi connectivity index (χ1) is 15.6. The maximum Gasteiger partial charge on any atom is 0.226 e. The van der Waals surface area contributed by atoms with Crippen LogP contribution in [0.25, 0.3) is 5.65 Å². The van der Waals surface area contributed by atoms with Crippen LogP contribution in [-0.4, -0.2) is 50.9 Å². The molecule has 4 bridgehead atoms. The molecule has 0 aromatic carbocycles. The predicted molar refractivity (Wildman–Crippen MR) is 120 cm³/mol. The van der Waals surface area contributed by atoms with Crippen molar-refractivity contribution < 1.29 is 9.59 Å². The second-order valence-corrected chi connectivity index (χ2v) is 10.9. The van der Waals surface area contributed by atoms with Gasteiger partial charge >= 0.3 is 0 Å². The summed E-state index contributed by atoms with van der Waals surface area (Å²) >= 11 is 0. The molecule has 1 aliphatic heterocycles. The van der Waals surface area contributed by atoms with Crippen LogP contribution >= 0.6 is 0 Å². The molecular weight excluding hydrogens is 402 g/mol. The van der Waals surface area contributed by atoms with Gasteiger partial charge in [-0.05, 0) is 81.3 Å². The maximum atomic E-state index is 13.1. The van der Waals surface area contributed by atoms with E-state index in [0.717, 1.165) is 67.9 Å². The number of aromatic nitrogens is 3. The third-order valence-electron chi connectivity index (χ3n) is 8.62. The van der Waals surface area contributed by atoms with E-state index in [1.165, 1.54) is 19.3 Å². The molecule has 7 nitrogen and oxygen atoms in total. The molecule has 2 amide bonds. The van der Waals surface area contributed by atoms with E-state index in [1.54, 1.807) is 0 Å². The molecule has 1 unspecified atom stereocenters. The van der Waals surface area contributed by atoms with Crippen molar-refractivity contribution in [2.45, 2.75) is 63.7 Å². The summed E-state index contributed by atoms with van der Waals surface area (Å²) in [4.78, 5) is 28.0. The Kier molecular flexibility index (Phi) is 4.95. The molecule has 3 heterocycles. The number of hydrogen-bond acceptors (Lipinski definition) is 4. The van der Waals surface area contributed by atoms with Gasteiger partial charge in [0.05, 0.1) is 0 Å². The molecule has 1 N–H and O–H groups in total. The summed E-state index contributed by atoms with van der Waals surface area (Å²) in [7, 11) is 0. The van der Waals surface area contributed by atoms with E-state index in [2.05, 4.69) is 15.5 Å². The molecule has 170 valence electrons. The first kappa shape index (κ1) is 20.2. The number of amides is 2. The van der Waals surface area contributed by atoms with Crippen LogP contribution < -0.4 is 5.32 Å². The van der Waals surface area contributed by atoms with Crippen LogP contribution in [0.5, 0.6) is 0 Å². The minimum atomic E-state index is -0.136. The molecule has 0 radical (unpaired) electrons.